The second-order valence-corrected chi connectivity index (χ2v) is 5.24. The first-order valence-electron chi connectivity index (χ1n) is 7.12. The van der Waals surface area contributed by atoms with Crippen LogP contribution in [0.25, 0.3) is 0 Å². The van der Waals surface area contributed by atoms with E-state index < -0.39 is 0 Å². The number of benzene rings is 2. The van der Waals surface area contributed by atoms with Crippen molar-refractivity contribution in [2.24, 2.45) is 10.7 Å². The third kappa shape index (κ3) is 5.76. The summed E-state index contributed by atoms with van der Waals surface area (Å²) in [6.07, 6.45) is 0. The molecule has 7 heteroatoms. The number of methoxy groups -OCH3 is 2. The molecule has 0 amide bonds. The van der Waals surface area contributed by atoms with Gasteiger partial charge in [0, 0.05) is 11.6 Å². The van der Waals surface area contributed by atoms with Gasteiger partial charge < -0.3 is 20.5 Å². The van der Waals surface area contributed by atoms with Gasteiger partial charge in [0.05, 0.1) is 20.8 Å². The standard InChI is InChI=1S/C17H20ClN3O2.HI/c1-22-15-8-7-12(9-16(15)23-2)10-20-17(19)21-11-13-5-3-4-6-14(13)18;/h3-9H,10-11H2,1-2H3,(H3,19,20,21);1H. The van der Waals surface area contributed by atoms with Gasteiger partial charge in [-0.3, -0.25) is 0 Å². The Morgan fingerprint density at radius 2 is 1.83 bits per heavy atom. The van der Waals surface area contributed by atoms with Crippen LogP contribution < -0.4 is 20.5 Å². The van der Waals surface area contributed by atoms with E-state index in [4.69, 9.17) is 26.8 Å². The minimum Gasteiger partial charge on any atom is -0.493 e. The summed E-state index contributed by atoms with van der Waals surface area (Å²) in [7, 11) is 3.21. The predicted octanol–water partition coefficient (Wildman–Crippen LogP) is 3.58. The highest BCUT2D eigenvalue weighted by Gasteiger charge is 2.04. The lowest BCUT2D eigenvalue weighted by Crippen LogP contribution is -2.31. The van der Waals surface area contributed by atoms with Crippen molar-refractivity contribution in [1.29, 1.82) is 0 Å². The monoisotopic (exact) mass is 461 g/mol. The lowest BCUT2D eigenvalue weighted by Gasteiger charge is -2.09. The molecule has 5 nitrogen and oxygen atoms in total. The highest BCUT2D eigenvalue weighted by Crippen LogP contribution is 2.27. The maximum absolute atomic E-state index is 6.10. The van der Waals surface area contributed by atoms with Crippen molar-refractivity contribution < 1.29 is 9.47 Å². The normalized spacial score (nSPS) is 10.7. The fraction of sp³-hybridized carbons (Fsp3) is 0.235. The fourth-order valence-corrected chi connectivity index (χ4v) is 2.24. The van der Waals surface area contributed by atoms with Crippen LogP contribution in [0.3, 0.4) is 0 Å². The van der Waals surface area contributed by atoms with Crippen molar-refractivity contribution in [1.82, 2.24) is 5.32 Å². The Balaban J connectivity index is 0.00000288. The fourth-order valence-electron chi connectivity index (χ4n) is 2.04. The van der Waals surface area contributed by atoms with Crippen LogP contribution in [0.1, 0.15) is 11.1 Å². The van der Waals surface area contributed by atoms with Gasteiger partial charge in [0.2, 0.25) is 0 Å². The molecule has 24 heavy (non-hydrogen) atoms. The smallest absolute Gasteiger partial charge is 0.189 e. The van der Waals surface area contributed by atoms with Gasteiger partial charge >= 0.3 is 0 Å². The second-order valence-electron chi connectivity index (χ2n) is 4.84. The van der Waals surface area contributed by atoms with Crippen LogP contribution in [0.5, 0.6) is 11.5 Å². The number of rotatable bonds is 6. The lowest BCUT2D eigenvalue weighted by atomic mass is 10.2. The minimum absolute atomic E-state index is 0. The van der Waals surface area contributed by atoms with E-state index in [1.165, 1.54) is 0 Å². The van der Waals surface area contributed by atoms with Crippen molar-refractivity contribution in [3.05, 3.63) is 58.6 Å². The molecule has 0 bridgehead atoms. The molecule has 2 aromatic carbocycles. The average Bonchev–Trinajstić information content (AvgIpc) is 2.58. The first kappa shape index (κ1) is 20.4. The quantitative estimate of drug-likeness (QED) is 0.392. The second kappa shape index (κ2) is 10.2. The predicted molar refractivity (Wildman–Crippen MR) is 109 cm³/mol. The molecule has 0 saturated heterocycles. The van der Waals surface area contributed by atoms with Crippen LogP contribution in [-0.4, -0.2) is 20.2 Å². The van der Waals surface area contributed by atoms with E-state index in [1.54, 1.807) is 14.2 Å². The lowest BCUT2D eigenvalue weighted by molar-refractivity contribution is 0.354. The van der Waals surface area contributed by atoms with E-state index in [2.05, 4.69) is 10.3 Å². The summed E-state index contributed by atoms with van der Waals surface area (Å²) >= 11 is 6.10. The van der Waals surface area contributed by atoms with Gasteiger partial charge in [-0.05, 0) is 29.3 Å². The van der Waals surface area contributed by atoms with E-state index in [0.29, 0.717) is 35.6 Å². The molecule has 0 unspecified atom stereocenters. The Hall–Kier alpha value is -1.67. The topological polar surface area (TPSA) is 68.9 Å². The molecular weight excluding hydrogens is 441 g/mol. The molecule has 130 valence electrons. The molecule has 0 aliphatic heterocycles. The molecule has 2 aromatic rings. The van der Waals surface area contributed by atoms with Gasteiger partial charge in [-0.25, -0.2) is 4.99 Å². The highest BCUT2D eigenvalue weighted by molar-refractivity contribution is 14.0. The summed E-state index contributed by atoms with van der Waals surface area (Å²) in [5.41, 5.74) is 7.83. The molecule has 0 fully saturated rings. The maximum atomic E-state index is 6.10. The van der Waals surface area contributed by atoms with Crippen molar-refractivity contribution >= 4 is 41.5 Å². The van der Waals surface area contributed by atoms with E-state index in [1.807, 2.05) is 42.5 Å². The number of nitrogens with zero attached hydrogens (tertiary/aromatic N) is 1. The van der Waals surface area contributed by atoms with Gasteiger partial charge in [-0.1, -0.05) is 35.9 Å². The van der Waals surface area contributed by atoms with Crippen LogP contribution in [0.15, 0.2) is 47.5 Å². The highest BCUT2D eigenvalue weighted by atomic mass is 127. The Kier molecular flexibility index (Phi) is 8.70. The summed E-state index contributed by atoms with van der Waals surface area (Å²) in [5.74, 6) is 1.72. The summed E-state index contributed by atoms with van der Waals surface area (Å²) in [6, 6.07) is 13.2. The third-order valence-electron chi connectivity index (χ3n) is 3.30. The van der Waals surface area contributed by atoms with Gasteiger partial charge in [0.15, 0.2) is 17.5 Å². The maximum Gasteiger partial charge on any atom is 0.189 e. The van der Waals surface area contributed by atoms with Gasteiger partial charge in [0.1, 0.15) is 0 Å². The Bertz CT molecular complexity index is 695. The van der Waals surface area contributed by atoms with Crippen LogP contribution >= 0.6 is 35.6 Å². The van der Waals surface area contributed by atoms with E-state index >= 15 is 0 Å². The number of hydrogen-bond donors (Lipinski definition) is 2. The molecule has 0 aliphatic carbocycles. The Morgan fingerprint density at radius 3 is 2.50 bits per heavy atom. The Labute approximate surface area is 164 Å². The molecule has 2 rings (SSSR count). The summed E-state index contributed by atoms with van der Waals surface area (Å²) in [4.78, 5) is 4.31. The third-order valence-corrected chi connectivity index (χ3v) is 3.67. The molecule has 0 radical (unpaired) electrons. The summed E-state index contributed by atoms with van der Waals surface area (Å²) in [6.45, 7) is 0.975. The van der Waals surface area contributed by atoms with Crippen LogP contribution in [-0.2, 0) is 13.1 Å². The van der Waals surface area contributed by atoms with Crippen molar-refractivity contribution in [3.8, 4) is 11.5 Å². The average molecular weight is 462 g/mol. The number of nitrogens with two attached hydrogens (primary N) is 1. The molecular formula is C17H21ClIN3O2. The summed E-state index contributed by atoms with van der Waals surface area (Å²) in [5, 5.41) is 3.75. The van der Waals surface area contributed by atoms with E-state index in [0.717, 1.165) is 11.1 Å². The number of nitrogens with one attached hydrogen (secondary N) is 1. The van der Waals surface area contributed by atoms with Crippen LogP contribution in [0.4, 0.5) is 0 Å². The SMILES string of the molecule is COc1ccc(CN=C(N)NCc2ccccc2Cl)cc1OC.I. The van der Waals surface area contributed by atoms with Crippen molar-refractivity contribution in [3.63, 3.8) is 0 Å². The number of aliphatic imine (C=N–C) groups is 1. The molecule has 0 atom stereocenters. The molecule has 0 aliphatic rings. The molecule has 0 aromatic heterocycles. The zero-order valence-corrected chi connectivity index (χ0v) is 16.7. The van der Waals surface area contributed by atoms with E-state index in [9.17, 15) is 0 Å². The molecule has 0 spiro atoms. The van der Waals surface area contributed by atoms with Crippen molar-refractivity contribution in [2.75, 3.05) is 14.2 Å². The molecule has 3 N–H and O–H groups in total. The minimum atomic E-state index is 0. The number of halogens is 2. The summed E-state index contributed by atoms with van der Waals surface area (Å²) < 4.78 is 10.5. The largest absolute Gasteiger partial charge is 0.493 e. The first-order chi connectivity index (χ1) is 11.1. The molecule has 0 heterocycles. The van der Waals surface area contributed by atoms with Crippen LogP contribution in [0.2, 0.25) is 5.02 Å². The number of guanidine groups is 1. The van der Waals surface area contributed by atoms with Gasteiger partial charge in [0.25, 0.3) is 0 Å². The zero-order valence-electron chi connectivity index (χ0n) is 13.6. The number of ether oxygens (including phenoxy) is 2. The van der Waals surface area contributed by atoms with Crippen LogP contribution in [0, 0.1) is 0 Å². The molecule has 0 saturated carbocycles. The van der Waals surface area contributed by atoms with E-state index in [-0.39, 0.29) is 24.0 Å². The zero-order chi connectivity index (χ0) is 16.7. The first-order valence-corrected chi connectivity index (χ1v) is 7.50. The van der Waals surface area contributed by atoms with Crippen molar-refractivity contribution in [2.45, 2.75) is 13.1 Å². The van der Waals surface area contributed by atoms with Gasteiger partial charge in [-0.2, -0.15) is 0 Å². The Morgan fingerprint density at radius 1 is 1.12 bits per heavy atom. The van der Waals surface area contributed by atoms with Gasteiger partial charge in [-0.15, -0.1) is 24.0 Å². The number of hydrogen-bond acceptors (Lipinski definition) is 3.